The number of benzene rings is 2. The molecule has 6 rings (SSSR count). The van der Waals surface area contributed by atoms with Crippen LogP contribution in [0.5, 0.6) is 5.75 Å². The number of amides is 2. The molecule has 0 aromatic heterocycles. The number of carbonyl (C=O) groups is 2. The van der Waals surface area contributed by atoms with E-state index in [1.165, 1.54) is 19.4 Å². The zero-order valence-corrected chi connectivity index (χ0v) is 18.8. The van der Waals surface area contributed by atoms with Crippen LogP contribution in [0.2, 0.25) is 0 Å². The lowest BCUT2D eigenvalue weighted by molar-refractivity contribution is 0.0628. The third-order valence-electron chi connectivity index (χ3n) is 7.33. The van der Waals surface area contributed by atoms with Gasteiger partial charge in [0, 0.05) is 44.7 Å². The molecule has 3 aliphatic heterocycles. The van der Waals surface area contributed by atoms with Crippen molar-refractivity contribution in [3.63, 3.8) is 0 Å². The van der Waals surface area contributed by atoms with E-state index >= 15 is 0 Å². The summed E-state index contributed by atoms with van der Waals surface area (Å²) in [6.07, 6.45) is 4.23. The minimum atomic E-state index is -0.110. The monoisotopic (exact) mass is 446 g/mol. The molecule has 1 unspecified atom stereocenters. The molecule has 1 saturated heterocycles. The first-order valence-corrected chi connectivity index (χ1v) is 12.1. The Kier molecular flexibility index (Phi) is 5.31. The molecule has 0 spiro atoms. The molecule has 3 heterocycles. The molecule has 2 fully saturated rings. The number of piperazine rings is 1. The lowest BCUT2D eigenvalue weighted by atomic mass is 9.91. The molecule has 2 aromatic rings. The van der Waals surface area contributed by atoms with E-state index in [-0.39, 0.29) is 17.9 Å². The molecule has 1 atom stereocenters. The van der Waals surface area contributed by atoms with E-state index in [0.717, 1.165) is 61.0 Å². The van der Waals surface area contributed by atoms with E-state index in [0.29, 0.717) is 24.2 Å². The highest BCUT2D eigenvalue weighted by atomic mass is 16.5. The van der Waals surface area contributed by atoms with Crippen molar-refractivity contribution in [2.75, 3.05) is 39.3 Å². The van der Waals surface area contributed by atoms with Crippen molar-refractivity contribution in [3.8, 4) is 5.75 Å². The summed E-state index contributed by atoms with van der Waals surface area (Å²) in [7, 11) is 0. The molecular formula is C26H30N4O3. The van der Waals surface area contributed by atoms with Crippen LogP contribution in [-0.4, -0.2) is 60.9 Å². The molecule has 1 aliphatic carbocycles. The number of fused-ring (bicyclic) bond motifs is 2. The van der Waals surface area contributed by atoms with Gasteiger partial charge in [-0.15, -0.1) is 0 Å². The van der Waals surface area contributed by atoms with Crippen LogP contribution in [0.3, 0.4) is 0 Å². The Morgan fingerprint density at radius 2 is 1.91 bits per heavy atom. The lowest BCUT2D eigenvalue weighted by Crippen LogP contribution is -2.49. The molecule has 2 N–H and O–H groups in total. The molecule has 2 amide bonds. The van der Waals surface area contributed by atoms with Crippen molar-refractivity contribution in [2.24, 2.45) is 5.92 Å². The lowest BCUT2D eigenvalue weighted by Gasteiger charge is -2.35. The Hall–Kier alpha value is -2.90. The van der Waals surface area contributed by atoms with Crippen LogP contribution < -0.4 is 15.6 Å². The summed E-state index contributed by atoms with van der Waals surface area (Å²) in [6.45, 7) is 5.25. The number of hydrogen-bond donors (Lipinski definition) is 2. The Balaban J connectivity index is 1.23. The fourth-order valence-corrected chi connectivity index (χ4v) is 5.32. The number of hydrogen-bond acceptors (Lipinski definition) is 5. The highest BCUT2D eigenvalue weighted by Gasteiger charge is 2.31. The van der Waals surface area contributed by atoms with Gasteiger partial charge in [-0.05, 0) is 54.0 Å². The average Bonchev–Trinajstić information content (AvgIpc) is 3.53. The maximum atomic E-state index is 13.5. The molecule has 7 nitrogen and oxygen atoms in total. The topological polar surface area (TPSA) is 73.9 Å². The summed E-state index contributed by atoms with van der Waals surface area (Å²) >= 11 is 0. The minimum Gasteiger partial charge on any atom is -0.492 e. The van der Waals surface area contributed by atoms with Gasteiger partial charge in [0.25, 0.3) is 11.8 Å². The Bertz CT molecular complexity index is 1090. The summed E-state index contributed by atoms with van der Waals surface area (Å²) in [4.78, 5) is 30.2. The van der Waals surface area contributed by atoms with E-state index < -0.39 is 0 Å². The molecule has 7 heteroatoms. The number of nitrogens with zero attached hydrogens (tertiary/aromatic N) is 2. The number of carbonyl (C=O) groups excluding carboxylic acids is 2. The molecule has 1 saturated carbocycles. The van der Waals surface area contributed by atoms with Crippen LogP contribution in [0.25, 0.3) is 0 Å². The van der Waals surface area contributed by atoms with Gasteiger partial charge in [-0.2, -0.15) is 0 Å². The number of nitrogens with one attached hydrogen (secondary N) is 2. The summed E-state index contributed by atoms with van der Waals surface area (Å²) in [5, 5.41) is 0. The molecule has 2 aromatic carbocycles. The molecule has 0 bridgehead atoms. The smallest absolute Gasteiger partial charge is 0.265 e. The molecule has 0 radical (unpaired) electrons. The molecular weight excluding hydrogens is 416 g/mol. The SMILES string of the molecule is O=C1NNC(Cc2cc3c(c(C(=O)N4CCN(CC5CC5)CC4)c2)OCC3)c2ccccc21. The van der Waals surface area contributed by atoms with E-state index in [1.807, 2.05) is 35.2 Å². The average molecular weight is 447 g/mol. The van der Waals surface area contributed by atoms with Gasteiger partial charge in [-0.1, -0.05) is 24.3 Å². The van der Waals surface area contributed by atoms with Crippen molar-refractivity contribution in [2.45, 2.75) is 31.7 Å². The number of ether oxygens (including phenoxy) is 1. The molecule has 172 valence electrons. The highest BCUT2D eigenvalue weighted by Crippen LogP contribution is 2.35. The van der Waals surface area contributed by atoms with Crippen LogP contribution in [0, 0.1) is 5.92 Å². The van der Waals surface area contributed by atoms with Gasteiger partial charge in [0.1, 0.15) is 5.75 Å². The Morgan fingerprint density at radius 1 is 1.09 bits per heavy atom. The van der Waals surface area contributed by atoms with Crippen LogP contribution in [0.1, 0.15) is 56.3 Å². The number of hydrazine groups is 1. The first kappa shape index (κ1) is 20.7. The maximum absolute atomic E-state index is 13.5. The predicted molar refractivity (Wildman–Crippen MR) is 124 cm³/mol. The number of rotatable bonds is 5. The fourth-order valence-electron chi connectivity index (χ4n) is 5.32. The normalized spacial score (nSPS) is 22.4. The quantitative estimate of drug-likeness (QED) is 0.738. The zero-order chi connectivity index (χ0) is 22.4. The third-order valence-corrected chi connectivity index (χ3v) is 7.33. The van der Waals surface area contributed by atoms with Crippen LogP contribution in [0.4, 0.5) is 0 Å². The van der Waals surface area contributed by atoms with Crippen molar-refractivity contribution >= 4 is 11.8 Å². The van der Waals surface area contributed by atoms with Gasteiger partial charge in [0.15, 0.2) is 0 Å². The van der Waals surface area contributed by atoms with Gasteiger partial charge in [-0.25, -0.2) is 5.43 Å². The second-order valence-electron chi connectivity index (χ2n) is 9.71. The standard InChI is InChI=1S/C26H30N4O3/c31-25-21-4-2-1-3-20(21)23(27-28-25)15-18-13-19-7-12-33-24(19)22(14-18)26(32)30-10-8-29(9-11-30)16-17-5-6-17/h1-4,13-14,17,23,27H,5-12,15-16H2,(H,28,31). The molecule has 33 heavy (non-hydrogen) atoms. The van der Waals surface area contributed by atoms with Gasteiger partial charge in [-0.3, -0.25) is 19.9 Å². The fraction of sp³-hybridized carbons (Fsp3) is 0.462. The highest BCUT2D eigenvalue weighted by molar-refractivity contribution is 5.98. The van der Waals surface area contributed by atoms with Gasteiger partial charge in [0.2, 0.25) is 0 Å². The Morgan fingerprint density at radius 3 is 2.73 bits per heavy atom. The van der Waals surface area contributed by atoms with E-state index in [1.54, 1.807) is 0 Å². The first-order valence-electron chi connectivity index (χ1n) is 12.1. The van der Waals surface area contributed by atoms with Crippen LogP contribution in [0.15, 0.2) is 36.4 Å². The summed E-state index contributed by atoms with van der Waals surface area (Å²) in [6, 6.07) is 11.8. The first-order chi connectivity index (χ1) is 16.2. The third kappa shape index (κ3) is 4.11. The van der Waals surface area contributed by atoms with Crippen molar-refractivity contribution < 1.29 is 14.3 Å². The van der Waals surface area contributed by atoms with Crippen molar-refractivity contribution in [1.29, 1.82) is 0 Å². The molecule has 4 aliphatic rings. The van der Waals surface area contributed by atoms with Crippen LogP contribution >= 0.6 is 0 Å². The zero-order valence-electron chi connectivity index (χ0n) is 18.8. The van der Waals surface area contributed by atoms with Crippen LogP contribution in [-0.2, 0) is 12.8 Å². The summed E-state index contributed by atoms with van der Waals surface area (Å²) in [5.41, 5.74) is 10.5. The minimum absolute atomic E-state index is 0.0480. The van der Waals surface area contributed by atoms with E-state index in [4.69, 9.17) is 4.74 Å². The largest absolute Gasteiger partial charge is 0.492 e. The second-order valence-corrected chi connectivity index (χ2v) is 9.71. The van der Waals surface area contributed by atoms with Gasteiger partial charge in [0.05, 0.1) is 18.2 Å². The van der Waals surface area contributed by atoms with Crippen molar-refractivity contribution in [1.82, 2.24) is 20.7 Å². The van der Waals surface area contributed by atoms with Gasteiger partial charge >= 0.3 is 0 Å². The van der Waals surface area contributed by atoms with E-state index in [2.05, 4.69) is 21.8 Å². The van der Waals surface area contributed by atoms with Crippen molar-refractivity contribution in [3.05, 3.63) is 64.2 Å². The Labute approximate surface area is 194 Å². The second kappa shape index (κ2) is 8.47. The predicted octanol–water partition coefficient (Wildman–Crippen LogP) is 2.32. The van der Waals surface area contributed by atoms with Gasteiger partial charge < -0.3 is 9.64 Å². The summed E-state index contributed by atoms with van der Waals surface area (Å²) in [5.74, 6) is 1.60. The van der Waals surface area contributed by atoms with E-state index in [9.17, 15) is 9.59 Å². The maximum Gasteiger partial charge on any atom is 0.265 e. The summed E-state index contributed by atoms with van der Waals surface area (Å²) < 4.78 is 5.91.